The van der Waals surface area contributed by atoms with E-state index in [1.165, 1.54) is 10.4 Å². The second kappa shape index (κ2) is 6.86. The van der Waals surface area contributed by atoms with Gasteiger partial charge in [0, 0.05) is 17.1 Å². The normalized spacial score (nSPS) is 12.4. The van der Waals surface area contributed by atoms with Crippen molar-refractivity contribution in [2.75, 3.05) is 13.7 Å². The van der Waals surface area contributed by atoms with Gasteiger partial charge in [-0.1, -0.05) is 13.0 Å². The first-order valence-corrected chi connectivity index (χ1v) is 7.81. The number of hydrogen-bond acceptors (Lipinski definition) is 4. The van der Waals surface area contributed by atoms with Crippen LogP contribution in [0.2, 0.25) is 0 Å². The van der Waals surface area contributed by atoms with Gasteiger partial charge in [0.15, 0.2) is 0 Å². The van der Waals surface area contributed by atoms with Crippen molar-refractivity contribution in [1.29, 1.82) is 0 Å². The first-order chi connectivity index (χ1) is 9.65. The SMILES string of the molecule is CCCNC(C)c1cnc(-c2ccc(C)cc2OC)s1. The highest BCUT2D eigenvalue weighted by Crippen LogP contribution is 2.35. The minimum atomic E-state index is 0.345. The summed E-state index contributed by atoms with van der Waals surface area (Å²) in [6.07, 6.45) is 3.11. The van der Waals surface area contributed by atoms with Gasteiger partial charge in [0.2, 0.25) is 0 Å². The summed E-state index contributed by atoms with van der Waals surface area (Å²) in [5.41, 5.74) is 2.26. The molecule has 0 radical (unpaired) electrons. The van der Waals surface area contributed by atoms with E-state index >= 15 is 0 Å². The van der Waals surface area contributed by atoms with Crippen molar-refractivity contribution >= 4 is 11.3 Å². The van der Waals surface area contributed by atoms with Gasteiger partial charge in [-0.3, -0.25) is 0 Å². The third kappa shape index (κ3) is 3.38. The summed E-state index contributed by atoms with van der Waals surface area (Å²) in [6, 6.07) is 6.57. The maximum absolute atomic E-state index is 5.47. The van der Waals surface area contributed by atoms with Gasteiger partial charge >= 0.3 is 0 Å². The summed E-state index contributed by atoms with van der Waals surface area (Å²) < 4.78 is 5.47. The Labute approximate surface area is 125 Å². The number of methoxy groups -OCH3 is 1. The Bertz CT molecular complexity index is 565. The van der Waals surface area contributed by atoms with Crippen LogP contribution in [0.3, 0.4) is 0 Å². The largest absolute Gasteiger partial charge is 0.496 e. The highest BCUT2D eigenvalue weighted by Gasteiger charge is 2.13. The fraction of sp³-hybridized carbons (Fsp3) is 0.438. The molecule has 4 heteroatoms. The first kappa shape index (κ1) is 15.0. The van der Waals surface area contributed by atoms with E-state index in [4.69, 9.17) is 4.74 Å². The number of nitrogens with one attached hydrogen (secondary N) is 1. The number of aromatic nitrogens is 1. The quantitative estimate of drug-likeness (QED) is 0.866. The molecule has 0 bridgehead atoms. The average Bonchev–Trinajstić information content (AvgIpc) is 2.94. The molecular formula is C16H22N2OS. The van der Waals surface area contributed by atoms with Crippen molar-refractivity contribution in [3.63, 3.8) is 0 Å². The molecule has 1 unspecified atom stereocenters. The van der Waals surface area contributed by atoms with Gasteiger partial charge in [-0.2, -0.15) is 0 Å². The highest BCUT2D eigenvalue weighted by molar-refractivity contribution is 7.15. The molecule has 0 amide bonds. The fourth-order valence-electron chi connectivity index (χ4n) is 2.05. The smallest absolute Gasteiger partial charge is 0.129 e. The molecule has 1 aromatic heterocycles. The second-order valence-electron chi connectivity index (χ2n) is 4.95. The zero-order valence-electron chi connectivity index (χ0n) is 12.6. The third-order valence-corrected chi connectivity index (χ3v) is 4.45. The van der Waals surface area contributed by atoms with Crippen LogP contribution in [0.25, 0.3) is 10.6 Å². The highest BCUT2D eigenvalue weighted by atomic mass is 32.1. The summed E-state index contributed by atoms with van der Waals surface area (Å²) in [5, 5.41) is 4.51. The summed E-state index contributed by atoms with van der Waals surface area (Å²) in [6.45, 7) is 7.45. The van der Waals surface area contributed by atoms with Crippen LogP contribution in [0.1, 0.15) is 36.8 Å². The predicted molar refractivity (Wildman–Crippen MR) is 85.5 cm³/mol. The van der Waals surface area contributed by atoms with Gasteiger partial charge in [0.1, 0.15) is 10.8 Å². The van der Waals surface area contributed by atoms with Gasteiger partial charge < -0.3 is 10.1 Å². The third-order valence-electron chi connectivity index (χ3n) is 3.24. The van der Waals surface area contributed by atoms with E-state index < -0.39 is 0 Å². The van der Waals surface area contributed by atoms with Crippen molar-refractivity contribution < 1.29 is 4.74 Å². The van der Waals surface area contributed by atoms with Crippen LogP contribution >= 0.6 is 11.3 Å². The van der Waals surface area contributed by atoms with E-state index in [0.29, 0.717) is 6.04 Å². The molecule has 1 heterocycles. The molecular weight excluding hydrogens is 268 g/mol. The Morgan fingerprint density at radius 3 is 2.90 bits per heavy atom. The molecule has 108 valence electrons. The maximum atomic E-state index is 5.47. The topological polar surface area (TPSA) is 34.2 Å². The van der Waals surface area contributed by atoms with E-state index in [2.05, 4.69) is 49.3 Å². The van der Waals surface area contributed by atoms with Crippen LogP contribution in [0.4, 0.5) is 0 Å². The van der Waals surface area contributed by atoms with Gasteiger partial charge in [-0.15, -0.1) is 11.3 Å². The number of ether oxygens (including phenoxy) is 1. The van der Waals surface area contributed by atoms with Crippen molar-refractivity contribution in [2.24, 2.45) is 0 Å². The Morgan fingerprint density at radius 2 is 2.20 bits per heavy atom. The van der Waals surface area contributed by atoms with E-state index in [1.807, 2.05) is 6.20 Å². The molecule has 0 fully saturated rings. The number of hydrogen-bond donors (Lipinski definition) is 1. The van der Waals surface area contributed by atoms with Crippen molar-refractivity contribution in [3.05, 3.63) is 34.8 Å². The number of aryl methyl sites for hydroxylation is 1. The Kier molecular flexibility index (Phi) is 5.15. The zero-order valence-corrected chi connectivity index (χ0v) is 13.4. The molecule has 0 spiro atoms. The summed E-state index contributed by atoms with van der Waals surface area (Å²) >= 11 is 1.73. The predicted octanol–water partition coefficient (Wildman–Crippen LogP) is 4.19. The molecule has 0 aliphatic rings. The number of rotatable bonds is 6. The Morgan fingerprint density at radius 1 is 1.40 bits per heavy atom. The average molecular weight is 290 g/mol. The van der Waals surface area contributed by atoms with Crippen molar-refractivity contribution in [1.82, 2.24) is 10.3 Å². The summed E-state index contributed by atoms with van der Waals surface area (Å²) in [7, 11) is 1.71. The lowest BCUT2D eigenvalue weighted by atomic mass is 10.1. The van der Waals surface area contributed by atoms with Crippen LogP contribution in [0, 0.1) is 6.92 Å². The van der Waals surface area contributed by atoms with Gasteiger partial charge in [-0.05, 0) is 44.5 Å². The molecule has 0 aliphatic heterocycles. The van der Waals surface area contributed by atoms with Gasteiger partial charge in [0.25, 0.3) is 0 Å². The Hall–Kier alpha value is -1.39. The number of thiazole rings is 1. The maximum Gasteiger partial charge on any atom is 0.129 e. The number of benzene rings is 1. The summed E-state index contributed by atoms with van der Waals surface area (Å²) in [5.74, 6) is 0.889. The minimum absolute atomic E-state index is 0.345. The van der Waals surface area contributed by atoms with Crippen molar-refractivity contribution in [2.45, 2.75) is 33.2 Å². The van der Waals surface area contributed by atoms with Crippen molar-refractivity contribution in [3.8, 4) is 16.3 Å². The van der Waals surface area contributed by atoms with E-state index in [1.54, 1.807) is 18.4 Å². The molecule has 0 saturated heterocycles. The molecule has 3 nitrogen and oxygen atoms in total. The first-order valence-electron chi connectivity index (χ1n) is 6.99. The summed E-state index contributed by atoms with van der Waals surface area (Å²) in [4.78, 5) is 5.81. The van der Waals surface area contributed by atoms with Crippen LogP contribution < -0.4 is 10.1 Å². The lowest BCUT2D eigenvalue weighted by molar-refractivity contribution is 0.416. The Balaban J connectivity index is 2.24. The van der Waals surface area contributed by atoms with Crippen LogP contribution in [-0.4, -0.2) is 18.6 Å². The minimum Gasteiger partial charge on any atom is -0.496 e. The number of nitrogens with zero attached hydrogens (tertiary/aromatic N) is 1. The molecule has 1 atom stereocenters. The molecule has 1 N–H and O–H groups in total. The molecule has 0 saturated carbocycles. The molecule has 2 rings (SSSR count). The van der Waals surface area contributed by atoms with Crippen LogP contribution in [0.5, 0.6) is 5.75 Å². The lowest BCUT2D eigenvalue weighted by Crippen LogP contribution is -2.18. The van der Waals surface area contributed by atoms with E-state index in [0.717, 1.165) is 29.3 Å². The second-order valence-corrected chi connectivity index (χ2v) is 6.01. The lowest BCUT2D eigenvalue weighted by Gasteiger charge is -2.10. The molecule has 2 aromatic rings. The zero-order chi connectivity index (χ0) is 14.5. The molecule has 20 heavy (non-hydrogen) atoms. The van der Waals surface area contributed by atoms with E-state index in [9.17, 15) is 0 Å². The fourth-order valence-corrected chi connectivity index (χ4v) is 3.02. The monoisotopic (exact) mass is 290 g/mol. The van der Waals surface area contributed by atoms with E-state index in [-0.39, 0.29) is 0 Å². The van der Waals surface area contributed by atoms with Crippen LogP contribution in [-0.2, 0) is 0 Å². The molecule has 0 aliphatic carbocycles. The molecule has 1 aromatic carbocycles. The van der Waals surface area contributed by atoms with Gasteiger partial charge in [0.05, 0.1) is 12.7 Å². The van der Waals surface area contributed by atoms with Gasteiger partial charge in [-0.25, -0.2) is 4.98 Å². The standard InChI is InChI=1S/C16H22N2OS/c1-5-8-17-12(3)15-10-18-16(20-15)13-7-6-11(2)9-14(13)19-4/h6-7,9-10,12,17H,5,8H2,1-4H3. The van der Waals surface area contributed by atoms with Crippen LogP contribution in [0.15, 0.2) is 24.4 Å².